The van der Waals surface area contributed by atoms with Gasteiger partial charge in [0.2, 0.25) is 0 Å². The molecular weight excluding hydrogens is 216 g/mol. The lowest BCUT2D eigenvalue weighted by Crippen LogP contribution is -2.00. The third kappa shape index (κ3) is 2.92. The molecule has 0 bridgehead atoms. The fraction of sp³-hybridized carbons (Fsp3) is 0.167. The van der Waals surface area contributed by atoms with E-state index in [-0.39, 0.29) is 0 Å². The number of nitrogen functional groups attached to an aromatic ring is 1. The maximum atomic E-state index is 5.48. The second kappa shape index (κ2) is 5.27. The molecule has 1 aromatic carbocycles. The van der Waals surface area contributed by atoms with E-state index in [2.05, 4.69) is 15.3 Å². The number of rotatable bonds is 4. The van der Waals surface area contributed by atoms with Crippen LogP contribution in [0, 0.1) is 0 Å². The maximum absolute atomic E-state index is 5.48. The van der Waals surface area contributed by atoms with Crippen LogP contribution in [0.25, 0.3) is 0 Å². The highest BCUT2D eigenvalue weighted by Crippen LogP contribution is 2.19. The zero-order valence-corrected chi connectivity index (χ0v) is 9.55. The molecule has 1 aromatic heterocycles. The van der Waals surface area contributed by atoms with Crippen LogP contribution in [0.15, 0.2) is 36.7 Å². The smallest absolute Gasteiger partial charge is 0.149 e. The Morgan fingerprint density at radius 2 is 2.06 bits per heavy atom. The largest absolute Gasteiger partial charge is 0.382 e. The Labute approximate surface area is 99.7 Å². The van der Waals surface area contributed by atoms with Crippen molar-refractivity contribution in [3.05, 3.63) is 42.2 Å². The van der Waals surface area contributed by atoms with E-state index in [1.54, 1.807) is 13.3 Å². The van der Waals surface area contributed by atoms with E-state index in [1.807, 2.05) is 24.3 Å². The zero-order valence-electron chi connectivity index (χ0n) is 9.55. The van der Waals surface area contributed by atoms with Crippen LogP contribution in [-0.4, -0.2) is 17.1 Å². The lowest BCUT2D eigenvalue weighted by molar-refractivity contribution is 0.185. The van der Waals surface area contributed by atoms with Gasteiger partial charge in [0.25, 0.3) is 0 Å². The van der Waals surface area contributed by atoms with Gasteiger partial charge in [0.15, 0.2) is 0 Å². The molecule has 0 radical (unpaired) electrons. The average molecular weight is 230 g/mol. The van der Waals surface area contributed by atoms with Gasteiger partial charge in [0.1, 0.15) is 11.6 Å². The number of benzene rings is 1. The summed E-state index contributed by atoms with van der Waals surface area (Å²) >= 11 is 0. The Bertz CT molecular complexity index is 484. The van der Waals surface area contributed by atoms with E-state index >= 15 is 0 Å². The van der Waals surface area contributed by atoms with Gasteiger partial charge in [-0.2, -0.15) is 0 Å². The second-order valence-electron chi connectivity index (χ2n) is 3.54. The summed E-state index contributed by atoms with van der Waals surface area (Å²) in [7, 11) is 1.67. The molecule has 3 N–H and O–H groups in total. The number of ether oxygens (including phenoxy) is 1. The minimum atomic E-state index is 0.403. The number of anilines is 3. The summed E-state index contributed by atoms with van der Waals surface area (Å²) in [6, 6.07) is 7.88. The molecule has 5 nitrogen and oxygen atoms in total. The molecular formula is C12H14N4O. The standard InChI is InChI=1S/C12H14N4O/c1-17-8-9-4-2-3-5-10(9)16-12-7-14-11(13)6-15-12/h2-7H,8H2,1H3,(H2,13,14)(H,15,16). The molecule has 0 saturated carbocycles. The van der Waals surface area contributed by atoms with Crippen molar-refractivity contribution in [1.29, 1.82) is 0 Å². The predicted octanol–water partition coefficient (Wildman–Crippen LogP) is 1.95. The molecule has 2 rings (SSSR count). The van der Waals surface area contributed by atoms with Crippen LogP contribution in [0.1, 0.15) is 5.56 Å². The minimum Gasteiger partial charge on any atom is -0.382 e. The van der Waals surface area contributed by atoms with E-state index < -0.39 is 0 Å². The lowest BCUT2D eigenvalue weighted by atomic mass is 10.2. The molecule has 0 unspecified atom stereocenters. The Morgan fingerprint density at radius 3 is 2.76 bits per heavy atom. The normalized spacial score (nSPS) is 10.2. The van der Waals surface area contributed by atoms with E-state index in [1.165, 1.54) is 6.20 Å². The Balaban J connectivity index is 2.20. The summed E-state index contributed by atoms with van der Waals surface area (Å²) in [5.74, 6) is 1.06. The molecule has 88 valence electrons. The van der Waals surface area contributed by atoms with Gasteiger partial charge in [0, 0.05) is 18.4 Å². The lowest BCUT2D eigenvalue weighted by Gasteiger charge is -2.10. The second-order valence-corrected chi connectivity index (χ2v) is 3.54. The number of aromatic nitrogens is 2. The first-order valence-electron chi connectivity index (χ1n) is 5.21. The van der Waals surface area contributed by atoms with Crippen LogP contribution in [0.2, 0.25) is 0 Å². The maximum Gasteiger partial charge on any atom is 0.149 e. The number of para-hydroxylation sites is 1. The summed E-state index contributed by atoms with van der Waals surface area (Å²) in [6.07, 6.45) is 3.11. The molecule has 5 heteroatoms. The van der Waals surface area contributed by atoms with Crippen molar-refractivity contribution < 1.29 is 4.74 Å². The number of nitrogens with zero attached hydrogens (tertiary/aromatic N) is 2. The van der Waals surface area contributed by atoms with Crippen molar-refractivity contribution in [1.82, 2.24) is 9.97 Å². The first-order valence-corrected chi connectivity index (χ1v) is 5.21. The highest BCUT2D eigenvalue weighted by molar-refractivity contribution is 5.60. The quantitative estimate of drug-likeness (QED) is 0.839. The van der Waals surface area contributed by atoms with Gasteiger partial charge in [-0.15, -0.1) is 0 Å². The zero-order chi connectivity index (χ0) is 12.1. The molecule has 0 aliphatic heterocycles. The Morgan fingerprint density at radius 1 is 1.24 bits per heavy atom. The molecule has 0 spiro atoms. The third-order valence-electron chi connectivity index (χ3n) is 2.25. The van der Waals surface area contributed by atoms with Crippen LogP contribution in [0.4, 0.5) is 17.3 Å². The van der Waals surface area contributed by atoms with Crippen molar-refractivity contribution in [2.45, 2.75) is 6.61 Å². The molecule has 17 heavy (non-hydrogen) atoms. The number of nitrogens with two attached hydrogens (primary N) is 1. The summed E-state index contributed by atoms with van der Waals surface area (Å²) in [4.78, 5) is 8.11. The van der Waals surface area contributed by atoms with E-state index in [9.17, 15) is 0 Å². The van der Waals surface area contributed by atoms with Gasteiger partial charge < -0.3 is 15.8 Å². The number of hydrogen-bond donors (Lipinski definition) is 2. The topological polar surface area (TPSA) is 73.1 Å². The van der Waals surface area contributed by atoms with Gasteiger partial charge >= 0.3 is 0 Å². The van der Waals surface area contributed by atoms with Crippen LogP contribution in [-0.2, 0) is 11.3 Å². The van der Waals surface area contributed by atoms with Crippen LogP contribution in [0.5, 0.6) is 0 Å². The molecule has 0 atom stereocenters. The van der Waals surface area contributed by atoms with Gasteiger partial charge in [-0.1, -0.05) is 18.2 Å². The predicted molar refractivity (Wildman–Crippen MR) is 66.9 cm³/mol. The molecule has 2 aromatic rings. The highest BCUT2D eigenvalue weighted by atomic mass is 16.5. The number of hydrogen-bond acceptors (Lipinski definition) is 5. The number of methoxy groups -OCH3 is 1. The van der Waals surface area contributed by atoms with Crippen molar-refractivity contribution in [2.75, 3.05) is 18.2 Å². The molecule has 0 fully saturated rings. The van der Waals surface area contributed by atoms with Gasteiger partial charge in [-0.25, -0.2) is 9.97 Å². The molecule has 0 saturated heterocycles. The van der Waals surface area contributed by atoms with Crippen LogP contribution < -0.4 is 11.1 Å². The SMILES string of the molecule is COCc1ccccc1Nc1cnc(N)cn1. The van der Waals surface area contributed by atoms with Gasteiger partial charge in [-0.3, -0.25) is 0 Å². The van der Waals surface area contributed by atoms with Gasteiger partial charge in [0.05, 0.1) is 19.0 Å². The van der Waals surface area contributed by atoms with Crippen molar-refractivity contribution in [3.63, 3.8) is 0 Å². The summed E-state index contributed by atoms with van der Waals surface area (Å²) in [6.45, 7) is 0.547. The minimum absolute atomic E-state index is 0.403. The first-order chi connectivity index (χ1) is 8.29. The Kier molecular flexibility index (Phi) is 3.52. The van der Waals surface area contributed by atoms with Crippen molar-refractivity contribution >= 4 is 17.3 Å². The van der Waals surface area contributed by atoms with E-state index in [4.69, 9.17) is 10.5 Å². The third-order valence-corrected chi connectivity index (χ3v) is 2.25. The van der Waals surface area contributed by atoms with Crippen LogP contribution in [0.3, 0.4) is 0 Å². The van der Waals surface area contributed by atoms with Gasteiger partial charge in [-0.05, 0) is 6.07 Å². The number of nitrogens with one attached hydrogen (secondary N) is 1. The summed E-state index contributed by atoms with van der Waals surface area (Å²) in [5.41, 5.74) is 7.49. The monoisotopic (exact) mass is 230 g/mol. The van der Waals surface area contributed by atoms with Crippen molar-refractivity contribution in [2.24, 2.45) is 0 Å². The fourth-order valence-corrected chi connectivity index (χ4v) is 1.46. The Hall–Kier alpha value is -2.14. The molecule has 0 aliphatic rings. The highest BCUT2D eigenvalue weighted by Gasteiger charge is 2.02. The van der Waals surface area contributed by atoms with Crippen LogP contribution >= 0.6 is 0 Å². The molecule has 0 aliphatic carbocycles. The fourth-order valence-electron chi connectivity index (χ4n) is 1.46. The van der Waals surface area contributed by atoms with E-state index in [0.717, 1.165) is 11.3 Å². The molecule has 1 heterocycles. The van der Waals surface area contributed by atoms with E-state index in [0.29, 0.717) is 18.2 Å². The summed E-state index contributed by atoms with van der Waals surface area (Å²) < 4.78 is 5.13. The first kappa shape index (κ1) is 11.3. The summed E-state index contributed by atoms with van der Waals surface area (Å²) in [5, 5.41) is 3.18. The van der Waals surface area contributed by atoms with Crippen molar-refractivity contribution in [3.8, 4) is 0 Å². The average Bonchev–Trinajstić information content (AvgIpc) is 2.35. The molecule has 0 amide bonds.